The van der Waals surface area contributed by atoms with E-state index in [-0.39, 0.29) is 5.91 Å². The molecule has 4 atom stereocenters. The summed E-state index contributed by atoms with van der Waals surface area (Å²) in [5.41, 5.74) is 1.15. The standard InChI is InChI=1S/C18H25NO2/c1-3-14-6-4-5-7-17(14)21-12(2)18(20)19-16-11-13-8-9-15(16)10-13/h4-7,12-13,15-16H,3,8-11H2,1-2H3,(H,19,20)/t12-,13-,15-,16-/m0/s1. The van der Waals surface area contributed by atoms with E-state index in [2.05, 4.69) is 18.3 Å². The van der Waals surface area contributed by atoms with Crippen molar-refractivity contribution in [2.75, 3.05) is 0 Å². The summed E-state index contributed by atoms with van der Waals surface area (Å²) in [7, 11) is 0. The average molecular weight is 287 g/mol. The third kappa shape index (κ3) is 3.07. The fraction of sp³-hybridized carbons (Fsp3) is 0.611. The van der Waals surface area contributed by atoms with E-state index in [1.54, 1.807) is 0 Å². The van der Waals surface area contributed by atoms with Crippen LogP contribution in [0, 0.1) is 11.8 Å². The second-order valence-corrected chi connectivity index (χ2v) is 6.51. The fourth-order valence-electron chi connectivity index (χ4n) is 3.88. The van der Waals surface area contributed by atoms with E-state index in [4.69, 9.17) is 4.74 Å². The van der Waals surface area contributed by atoms with Crippen molar-refractivity contribution < 1.29 is 9.53 Å². The van der Waals surface area contributed by atoms with Crippen molar-refractivity contribution in [2.24, 2.45) is 11.8 Å². The van der Waals surface area contributed by atoms with Gasteiger partial charge in [-0.1, -0.05) is 31.5 Å². The Labute approximate surface area is 127 Å². The van der Waals surface area contributed by atoms with Gasteiger partial charge in [0.15, 0.2) is 6.10 Å². The number of hydrogen-bond donors (Lipinski definition) is 1. The number of benzene rings is 1. The van der Waals surface area contributed by atoms with E-state index in [1.807, 2.05) is 25.1 Å². The Bertz CT molecular complexity index is 514. The molecule has 2 aliphatic rings. The second-order valence-electron chi connectivity index (χ2n) is 6.51. The molecule has 0 unspecified atom stereocenters. The predicted molar refractivity (Wildman–Crippen MR) is 83.3 cm³/mol. The summed E-state index contributed by atoms with van der Waals surface area (Å²) < 4.78 is 5.88. The number of aryl methyl sites for hydroxylation is 1. The zero-order valence-electron chi connectivity index (χ0n) is 13.0. The van der Waals surface area contributed by atoms with Gasteiger partial charge in [-0.15, -0.1) is 0 Å². The predicted octanol–water partition coefficient (Wildman–Crippen LogP) is 3.32. The monoisotopic (exact) mass is 287 g/mol. The van der Waals surface area contributed by atoms with Crippen molar-refractivity contribution in [2.45, 2.75) is 58.1 Å². The van der Waals surface area contributed by atoms with Crippen LogP contribution < -0.4 is 10.1 Å². The van der Waals surface area contributed by atoms with Crippen LogP contribution in [0.2, 0.25) is 0 Å². The highest BCUT2D eigenvalue weighted by atomic mass is 16.5. The van der Waals surface area contributed by atoms with E-state index in [0.29, 0.717) is 12.0 Å². The Morgan fingerprint density at radius 2 is 2.14 bits per heavy atom. The highest BCUT2D eigenvalue weighted by Gasteiger charge is 2.40. The third-order valence-electron chi connectivity index (χ3n) is 5.09. The number of hydrogen-bond acceptors (Lipinski definition) is 2. The smallest absolute Gasteiger partial charge is 0.261 e. The molecule has 3 nitrogen and oxygen atoms in total. The van der Waals surface area contributed by atoms with Crippen LogP contribution in [0.15, 0.2) is 24.3 Å². The normalized spacial score (nSPS) is 28.4. The van der Waals surface area contributed by atoms with Crippen molar-refractivity contribution >= 4 is 5.91 Å². The Balaban J connectivity index is 1.57. The topological polar surface area (TPSA) is 38.3 Å². The molecule has 2 aliphatic carbocycles. The first kappa shape index (κ1) is 14.4. The largest absolute Gasteiger partial charge is 0.481 e. The SMILES string of the molecule is CCc1ccccc1O[C@@H](C)C(=O)N[C@H]1C[C@H]2CC[C@H]1C2. The van der Waals surface area contributed by atoms with Crippen LogP contribution in [0.4, 0.5) is 0 Å². The number of carbonyl (C=O) groups excluding carboxylic acids is 1. The van der Waals surface area contributed by atoms with Crippen LogP contribution in [-0.2, 0) is 11.2 Å². The molecule has 0 heterocycles. The molecule has 3 heteroatoms. The van der Waals surface area contributed by atoms with Gasteiger partial charge in [0.05, 0.1) is 0 Å². The zero-order chi connectivity index (χ0) is 14.8. The third-order valence-corrected chi connectivity index (χ3v) is 5.09. The van der Waals surface area contributed by atoms with Gasteiger partial charge in [0.25, 0.3) is 5.91 Å². The van der Waals surface area contributed by atoms with Crippen molar-refractivity contribution in [1.29, 1.82) is 0 Å². The zero-order valence-corrected chi connectivity index (χ0v) is 13.0. The van der Waals surface area contributed by atoms with Crippen LogP contribution in [0.3, 0.4) is 0 Å². The Morgan fingerprint density at radius 3 is 2.81 bits per heavy atom. The van der Waals surface area contributed by atoms with Gasteiger partial charge in [-0.25, -0.2) is 0 Å². The number of rotatable bonds is 5. The molecule has 2 fully saturated rings. The molecule has 3 rings (SSSR count). The summed E-state index contributed by atoms with van der Waals surface area (Å²) in [4.78, 5) is 12.3. The molecule has 1 N–H and O–H groups in total. The molecule has 2 saturated carbocycles. The first-order valence-corrected chi connectivity index (χ1v) is 8.22. The van der Waals surface area contributed by atoms with Gasteiger partial charge in [-0.2, -0.15) is 0 Å². The minimum atomic E-state index is -0.433. The van der Waals surface area contributed by atoms with E-state index in [0.717, 1.165) is 30.1 Å². The molecule has 1 amide bonds. The average Bonchev–Trinajstić information content (AvgIpc) is 3.10. The first-order valence-electron chi connectivity index (χ1n) is 8.22. The Morgan fingerprint density at radius 1 is 1.33 bits per heavy atom. The van der Waals surface area contributed by atoms with E-state index in [9.17, 15) is 4.79 Å². The molecule has 2 bridgehead atoms. The number of amides is 1. The number of nitrogens with one attached hydrogen (secondary N) is 1. The summed E-state index contributed by atoms with van der Waals surface area (Å²) in [5, 5.41) is 3.20. The molecule has 0 saturated heterocycles. The van der Waals surface area contributed by atoms with Crippen LogP contribution >= 0.6 is 0 Å². The lowest BCUT2D eigenvalue weighted by molar-refractivity contribution is -0.128. The van der Waals surface area contributed by atoms with Gasteiger partial charge in [0, 0.05) is 6.04 Å². The van der Waals surface area contributed by atoms with Gasteiger partial charge in [-0.3, -0.25) is 4.79 Å². The van der Waals surface area contributed by atoms with Crippen molar-refractivity contribution in [3.05, 3.63) is 29.8 Å². The van der Waals surface area contributed by atoms with Crippen molar-refractivity contribution in [1.82, 2.24) is 5.32 Å². The van der Waals surface area contributed by atoms with Gasteiger partial charge < -0.3 is 10.1 Å². The van der Waals surface area contributed by atoms with Crippen LogP contribution in [-0.4, -0.2) is 18.1 Å². The minimum Gasteiger partial charge on any atom is -0.481 e. The van der Waals surface area contributed by atoms with Crippen molar-refractivity contribution in [3.8, 4) is 5.75 Å². The first-order chi connectivity index (χ1) is 10.2. The van der Waals surface area contributed by atoms with Crippen molar-refractivity contribution in [3.63, 3.8) is 0 Å². The summed E-state index contributed by atoms with van der Waals surface area (Å²) in [5.74, 6) is 2.40. The Kier molecular flexibility index (Phi) is 4.18. The molecular formula is C18H25NO2. The van der Waals surface area contributed by atoms with E-state index < -0.39 is 6.10 Å². The van der Waals surface area contributed by atoms with Crippen LogP contribution in [0.5, 0.6) is 5.75 Å². The highest BCUT2D eigenvalue weighted by Crippen LogP contribution is 2.44. The fourth-order valence-corrected chi connectivity index (χ4v) is 3.88. The highest BCUT2D eigenvalue weighted by molar-refractivity contribution is 5.81. The summed E-state index contributed by atoms with van der Waals surface area (Å²) in [6.45, 7) is 3.94. The van der Waals surface area contributed by atoms with Gasteiger partial charge in [0.1, 0.15) is 5.75 Å². The maximum Gasteiger partial charge on any atom is 0.261 e. The van der Waals surface area contributed by atoms with E-state index >= 15 is 0 Å². The van der Waals surface area contributed by atoms with Gasteiger partial charge in [0.2, 0.25) is 0 Å². The molecular weight excluding hydrogens is 262 g/mol. The number of carbonyl (C=O) groups is 1. The lowest BCUT2D eigenvalue weighted by Gasteiger charge is -2.25. The summed E-state index contributed by atoms with van der Waals surface area (Å²) >= 11 is 0. The number of fused-ring (bicyclic) bond motifs is 2. The molecule has 0 spiro atoms. The summed E-state index contributed by atoms with van der Waals surface area (Å²) in [6.07, 6.45) is 5.58. The maximum atomic E-state index is 12.3. The lowest BCUT2D eigenvalue weighted by Crippen LogP contribution is -2.44. The molecule has 1 aromatic carbocycles. The molecule has 21 heavy (non-hydrogen) atoms. The molecule has 114 valence electrons. The molecule has 0 radical (unpaired) electrons. The number of ether oxygens (including phenoxy) is 1. The number of para-hydroxylation sites is 1. The molecule has 1 aromatic rings. The maximum absolute atomic E-state index is 12.3. The lowest BCUT2D eigenvalue weighted by atomic mass is 9.95. The minimum absolute atomic E-state index is 0.0263. The molecule has 0 aliphatic heterocycles. The van der Waals surface area contributed by atoms with Crippen LogP contribution in [0.1, 0.15) is 45.1 Å². The Hall–Kier alpha value is -1.51. The second kappa shape index (κ2) is 6.08. The quantitative estimate of drug-likeness (QED) is 0.902. The van der Waals surface area contributed by atoms with Gasteiger partial charge >= 0.3 is 0 Å². The van der Waals surface area contributed by atoms with E-state index in [1.165, 1.54) is 19.3 Å². The van der Waals surface area contributed by atoms with Gasteiger partial charge in [-0.05, 0) is 56.1 Å². The molecule has 0 aromatic heterocycles. The van der Waals surface area contributed by atoms with Crippen LogP contribution in [0.25, 0.3) is 0 Å². The summed E-state index contributed by atoms with van der Waals surface area (Å²) in [6, 6.07) is 8.33.